The van der Waals surface area contributed by atoms with Crippen molar-refractivity contribution in [1.82, 2.24) is 0 Å². The molecule has 0 bridgehead atoms. The Morgan fingerprint density at radius 3 is 2.21 bits per heavy atom. The minimum Gasteiger partial charge on any atom is -0.481 e. The van der Waals surface area contributed by atoms with Crippen LogP contribution in [0, 0.1) is 11.8 Å². The fraction of sp³-hybridized carbons (Fsp3) is 0.500. The molecule has 1 aromatic carbocycles. The van der Waals surface area contributed by atoms with Crippen LogP contribution in [0.4, 0.5) is 0 Å². The molecule has 0 saturated heterocycles. The topological polar surface area (TPSA) is 54.4 Å². The van der Waals surface area contributed by atoms with Crippen molar-refractivity contribution in [3.8, 4) is 0 Å². The minimum absolute atomic E-state index is 0.00486. The second-order valence-corrected chi connectivity index (χ2v) is 5.25. The molecule has 19 heavy (non-hydrogen) atoms. The average molecular weight is 260 g/mol. The van der Waals surface area contributed by atoms with E-state index < -0.39 is 11.9 Å². The van der Waals surface area contributed by atoms with Gasteiger partial charge in [-0.05, 0) is 24.8 Å². The van der Waals surface area contributed by atoms with Crippen LogP contribution in [-0.4, -0.2) is 16.9 Å². The zero-order chi connectivity index (χ0) is 13.8. The molecule has 1 saturated carbocycles. The van der Waals surface area contributed by atoms with Gasteiger partial charge in [-0.15, -0.1) is 0 Å². The number of hydrogen-bond donors (Lipinski definition) is 1. The van der Waals surface area contributed by atoms with Crippen LogP contribution >= 0.6 is 0 Å². The van der Waals surface area contributed by atoms with Crippen molar-refractivity contribution >= 4 is 11.8 Å². The van der Waals surface area contributed by atoms with Gasteiger partial charge in [0.1, 0.15) is 0 Å². The van der Waals surface area contributed by atoms with Gasteiger partial charge in [-0.3, -0.25) is 9.59 Å². The van der Waals surface area contributed by atoms with E-state index >= 15 is 0 Å². The lowest BCUT2D eigenvalue weighted by Gasteiger charge is -2.27. The molecule has 0 amide bonds. The maximum atomic E-state index is 12.5. The second-order valence-electron chi connectivity index (χ2n) is 5.25. The number of carboxylic acids is 1. The van der Waals surface area contributed by atoms with Gasteiger partial charge in [-0.25, -0.2) is 0 Å². The minimum atomic E-state index is -0.830. The van der Waals surface area contributed by atoms with Crippen LogP contribution in [0.25, 0.3) is 0 Å². The number of hydrogen-bond acceptors (Lipinski definition) is 2. The third-order valence-electron chi connectivity index (χ3n) is 4.07. The Morgan fingerprint density at radius 1 is 1.11 bits per heavy atom. The summed E-state index contributed by atoms with van der Waals surface area (Å²) in [5.74, 6) is -1.69. The molecule has 102 valence electrons. The summed E-state index contributed by atoms with van der Waals surface area (Å²) in [5.41, 5.74) is 1.84. The Kier molecular flexibility index (Phi) is 4.35. The van der Waals surface area contributed by atoms with E-state index in [1.807, 2.05) is 24.3 Å². The SMILES string of the molecule is CCc1ccc(C(=O)[C@H]2CCCC[C@H]2C(=O)O)cc1. The molecular weight excluding hydrogens is 240 g/mol. The Labute approximate surface area is 113 Å². The number of aliphatic carboxylic acids is 1. The fourth-order valence-corrected chi connectivity index (χ4v) is 2.86. The molecule has 1 fully saturated rings. The molecule has 0 aromatic heterocycles. The Hall–Kier alpha value is -1.64. The van der Waals surface area contributed by atoms with Gasteiger partial charge in [0.05, 0.1) is 5.92 Å². The van der Waals surface area contributed by atoms with E-state index in [1.165, 1.54) is 5.56 Å². The van der Waals surface area contributed by atoms with Crippen LogP contribution in [0.1, 0.15) is 48.5 Å². The molecule has 1 aromatic rings. The van der Waals surface area contributed by atoms with E-state index in [1.54, 1.807) is 0 Å². The first-order chi connectivity index (χ1) is 9.13. The highest BCUT2D eigenvalue weighted by Gasteiger charge is 2.35. The Bertz CT molecular complexity index is 461. The zero-order valence-electron chi connectivity index (χ0n) is 11.3. The van der Waals surface area contributed by atoms with Crippen molar-refractivity contribution in [2.75, 3.05) is 0 Å². The van der Waals surface area contributed by atoms with Gasteiger partial charge in [0.2, 0.25) is 0 Å². The van der Waals surface area contributed by atoms with Crippen LogP contribution in [0.15, 0.2) is 24.3 Å². The number of rotatable bonds is 4. The number of benzene rings is 1. The van der Waals surface area contributed by atoms with Crippen molar-refractivity contribution in [1.29, 1.82) is 0 Å². The highest BCUT2D eigenvalue weighted by atomic mass is 16.4. The first-order valence-electron chi connectivity index (χ1n) is 6.99. The van der Waals surface area contributed by atoms with Gasteiger partial charge >= 0.3 is 5.97 Å². The summed E-state index contributed by atoms with van der Waals surface area (Å²) in [6.07, 6.45) is 4.13. The molecule has 3 heteroatoms. The lowest BCUT2D eigenvalue weighted by atomic mass is 9.75. The first-order valence-corrected chi connectivity index (χ1v) is 6.99. The van der Waals surface area contributed by atoms with Crippen LogP contribution in [-0.2, 0) is 11.2 Å². The predicted molar refractivity (Wildman–Crippen MR) is 73.2 cm³/mol. The van der Waals surface area contributed by atoms with Crippen molar-refractivity contribution in [3.63, 3.8) is 0 Å². The van der Waals surface area contributed by atoms with Gasteiger partial charge in [0, 0.05) is 11.5 Å². The molecule has 0 radical (unpaired) electrons. The quantitative estimate of drug-likeness (QED) is 0.845. The zero-order valence-corrected chi connectivity index (χ0v) is 11.3. The summed E-state index contributed by atoms with van der Waals surface area (Å²) in [6, 6.07) is 7.56. The standard InChI is InChI=1S/C16H20O3/c1-2-11-7-9-12(10-8-11)15(17)13-5-3-4-6-14(13)16(18)19/h7-10,13-14H,2-6H2,1H3,(H,18,19)/t13-,14+/m0/s1. The van der Waals surface area contributed by atoms with E-state index in [2.05, 4.69) is 6.92 Å². The number of ketones is 1. The number of aryl methyl sites for hydroxylation is 1. The van der Waals surface area contributed by atoms with Crippen molar-refractivity contribution in [2.45, 2.75) is 39.0 Å². The largest absolute Gasteiger partial charge is 0.481 e. The summed E-state index contributed by atoms with van der Waals surface area (Å²) >= 11 is 0. The van der Waals surface area contributed by atoms with Crippen LogP contribution in [0.5, 0.6) is 0 Å². The average Bonchev–Trinajstić information content (AvgIpc) is 2.46. The molecule has 0 unspecified atom stereocenters. The molecular formula is C16H20O3. The summed E-state index contributed by atoms with van der Waals surface area (Å²) in [4.78, 5) is 23.7. The van der Waals surface area contributed by atoms with Crippen molar-refractivity contribution in [3.05, 3.63) is 35.4 Å². The van der Waals surface area contributed by atoms with Crippen molar-refractivity contribution < 1.29 is 14.7 Å². The number of carbonyl (C=O) groups excluding carboxylic acids is 1. The van der Waals surface area contributed by atoms with Gasteiger partial charge in [0.25, 0.3) is 0 Å². The van der Waals surface area contributed by atoms with Gasteiger partial charge < -0.3 is 5.11 Å². The molecule has 2 atom stereocenters. The first kappa shape index (κ1) is 13.8. The van der Waals surface area contributed by atoms with Crippen LogP contribution < -0.4 is 0 Å². The van der Waals surface area contributed by atoms with E-state index in [0.717, 1.165) is 19.3 Å². The molecule has 0 aliphatic heterocycles. The van der Waals surface area contributed by atoms with E-state index in [-0.39, 0.29) is 11.7 Å². The van der Waals surface area contributed by atoms with Crippen LogP contribution in [0.2, 0.25) is 0 Å². The summed E-state index contributed by atoms with van der Waals surface area (Å²) in [6.45, 7) is 2.07. The Morgan fingerprint density at radius 2 is 1.68 bits per heavy atom. The van der Waals surface area contributed by atoms with E-state index in [0.29, 0.717) is 18.4 Å². The normalized spacial score (nSPS) is 23.0. The molecule has 1 N–H and O–H groups in total. The number of Topliss-reactive ketones (excluding diaryl/α,β-unsaturated/α-hetero) is 1. The summed E-state index contributed by atoms with van der Waals surface area (Å²) in [7, 11) is 0. The van der Waals surface area contributed by atoms with E-state index in [9.17, 15) is 14.7 Å². The highest BCUT2D eigenvalue weighted by molar-refractivity contribution is 6.00. The number of carboxylic acid groups (broad SMARTS) is 1. The smallest absolute Gasteiger partial charge is 0.307 e. The van der Waals surface area contributed by atoms with E-state index in [4.69, 9.17) is 0 Å². The fourth-order valence-electron chi connectivity index (χ4n) is 2.86. The summed E-state index contributed by atoms with van der Waals surface area (Å²) in [5, 5.41) is 9.23. The molecule has 1 aliphatic rings. The van der Waals surface area contributed by atoms with Crippen molar-refractivity contribution in [2.24, 2.45) is 11.8 Å². The summed E-state index contributed by atoms with van der Waals surface area (Å²) < 4.78 is 0. The molecule has 3 nitrogen and oxygen atoms in total. The maximum absolute atomic E-state index is 12.5. The predicted octanol–water partition coefficient (Wildman–Crippen LogP) is 3.32. The lowest BCUT2D eigenvalue weighted by Crippen LogP contribution is -2.32. The highest BCUT2D eigenvalue weighted by Crippen LogP contribution is 2.32. The molecule has 0 heterocycles. The second kappa shape index (κ2) is 6.00. The monoisotopic (exact) mass is 260 g/mol. The molecule has 2 rings (SSSR count). The van der Waals surface area contributed by atoms with Crippen LogP contribution in [0.3, 0.4) is 0 Å². The third kappa shape index (κ3) is 3.03. The molecule has 1 aliphatic carbocycles. The molecule has 0 spiro atoms. The van der Waals surface area contributed by atoms with Gasteiger partial charge in [-0.2, -0.15) is 0 Å². The van der Waals surface area contributed by atoms with Gasteiger partial charge in [0.15, 0.2) is 5.78 Å². The Balaban J connectivity index is 2.18. The van der Waals surface area contributed by atoms with Gasteiger partial charge in [-0.1, -0.05) is 44.0 Å². The maximum Gasteiger partial charge on any atom is 0.307 e. The third-order valence-corrected chi connectivity index (χ3v) is 4.07. The number of carbonyl (C=O) groups is 2. The lowest BCUT2D eigenvalue weighted by molar-refractivity contribution is -0.144.